The summed E-state index contributed by atoms with van der Waals surface area (Å²) >= 11 is 0. The molecule has 0 spiro atoms. The van der Waals surface area contributed by atoms with Crippen LogP contribution in [0.2, 0.25) is 0 Å². The third-order valence-electron chi connectivity index (χ3n) is 2.38. The third kappa shape index (κ3) is 2.35. The molecule has 74 valence electrons. The summed E-state index contributed by atoms with van der Waals surface area (Å²) in [5.74, 6) is 0. The van der Waals surface area contributed by atoms with Gasteiger partial charge in [-0.15, -0.1) is 0 Å². The van der Waals surface area contributed by atoms with Crippen LogP contribution in [0.3, 0.4) is 0 Å². The van der Waals surface area contributed by atoms with Crippen LogP contribution >= 0.6 is 0 Å². The predicted molar refractivity (Wildman–Crippen MR) is 66.6 cm³/mol. The van der Waals surface area contributed by atoms with Crippen molar-refractivity contribution in [3.8, 4) is 11.1 Å². The van der Waals surface area contributed by atoms with E-state index in [1.165, 1.54) is 16.7 Å². The van der Waals surface area contributed by atoms with Gasteiger partial charge in [0.05, 0.1) is 0 Å². The van der Waals surface area contributed by atoms with Crippen molar-refractivity contribution in [2.75, 3.05) is 0 Å². The second-order valence-corrected chi connectivity index (χ2v) is 3.49. The summed E-state index contributed by atoms with van der Waals surface area (Å²) in [6, 6.07) is 19.0. The van der Waals surface area contributed by atoms with Crippen LogP contribution in [0.15, 0.2) is 60.7 Å². The molecule has 0 heterocycles. The van der Waals surface area contributed by atoms with Crippen LogP contribution in [0.1, 0.15) is 12.5 Å². The molecule has 0 atom stereocenters. The van der Waals surface area contributed by atoms with Crippen LogP contribution in [-0.2, 0) is 0 Å². The first-order chi connectivity index (χ1) is 7.40. The van der Waals surface area contributed by atoms with Gasteiger partial charge < -0.3 is 0 Å². The topological polar surface area (TPSA) is 0 Å². The zero-order valence-electron chi connectivity index (χ0n) is 8.85. The fraction of sp³-hybridized carbons (Fsp3) is 0.0667. The normalized spacial score (nSPS) is 10.7. The monoisotopic (exact) mass is 194 g/mol. The number of hydrogen-bond acceptors (Lipinski definition) is 0. The molecule has 0 nitrogen and oxygen atoms in total. The molecule has 0 saturated carbocycles. The maximum Gasteiger partial charge on any atom is -0.0184 e. The highest BCUT2D eigenvalue weighted by atomic mass is 14.0. The molecule has 0 aromatic heterocycles. The molecule has 0 aliphatic heterocycles. The molecule has 0 bridgehead atoms. The van der Waals surface area contributed by atoms with Gasteiger partial charge in [0.2, 0.25) is 0 Å². The van der Waals surface area contributed by atoms with Gasteiger partial charge in [0.1, 0.15) is 0 Å². The van der Waals surface area contributed by atoms with Gasteiger partial charge in [0.15, 0.2) is 0 Å². The van der Waals surface area contributed by atoms with Gasteiger partial charge in [-0.1, -0.05) is 66.7 Å². The SMILES string of the molecule is CC=Cc1ccc(-c2ccccc2)cc1. The quantitative estimate of drug-likeness (QED) is 0.665. The first kappa shape index (κ1) is 9.72. The summed E-state index contributed by atoms with van der Waals surface area (Å²) in [5.41, 5.74) is 3.78. The molecule has 0 unspecified atom stereocenters. The predicted octanol–water partition coefficient (Wildman–Crippen LogP) is 4.39. The minimum absolute atomic E-state index is 1.25. The van der Waals surface area contributed by atoms with E-state index in [9.17, 15) is 0 Å². The van der Waals surface area contributed by atoms with E-state index in [2.05, 4.69) is 60.7 Å². The minimum Gasteiger partial charge on any atom is -0.0871 e. The van der Waals surface area contributed by atoms with Gasteiger partial charge in [-0.2, -0.15) is 0 Å². The van der Waals surface area contributed by atoms with Crippen molar-refractivity contribution < 1.29 is 0 Å². The fourth-order valence-electron chi connectivity index (χ4n) is 1.61. The highest BCUT2D eigenvalue weighted by Gasteiger charge is 1.94. The van der Waals surface area contributed by atoms with Crippen molar-refractivity contribution in [2.24, 2.45) is 0 Å². The van der Waals surface area contributed by atoms with Crippen molar-refractivity contribution in [1.29, 1.82) is 0 Å². The Morgan fingerprint density at radius 3 is 1.93 bits per heavy atom. The van der Waals surface area contributed by atoms with Gasteiger partial charge >= 0.3 is 0 Å². The molecule has 0 aliphatic rings. The van der Waals surface area contributed by atoms with E-state index in [1.807, 2.05) is 13.0 Å². The molecule has 0 saturated heterocycles. The smallest absolute Gasteiger partial charge is 0.0184 e. The molecule has 0 heteroatoms. The lowest BCUT2D eigenvalue weighted by molar-refractivity contribution is 1.59. The lowest BCUT2D eigenvalue weighted by Gasteiger charge is -2.01. The Morgan fingerprint density at radius 2 is 1.33 bits per heavy atom. The second-order valence-electron chi connectivity index (χ2n) is 3.49. The number of benzene rings is 2. The number of allylic oxidation sites excluding steroid dienone is 1. The lowest BCUT2D eigenvalue weighted by Crippen LogP contribution is -1.77. The third-order valence-corrected chi connectivity index (χ3v) is 2.38. The molecule has 2 rings (SSSR count). The van der Waals surface area contributed by atoms with Crippen molar-refractivity contribution in [2.45, 2.75) is 6.92 Å². The van der Waals surface area contributed by atoms with E-state index >= 15 is 0 Å². The Bertz CT molecular complexity index is 435. The standard InChI is InChI=1S/C15H14/c1-2-6-13-9-11-15(12-10-13)14-7-4-3-5-8-14/h2-12H,1H3. The maximum absolute atomic E-state index is 2.16. The Kier molecular flexibility index (Phi) is 2.99. The van der Waals surface area contributed by atoms with E-state index in [-0.39, 0.29) is 0 Å². The summed E-state index contributed by atoms with van der Waals surface area (Å²) in [6.45, 7) is 2.03. The van der Waals surface area contributed by atoms with Crippen LogP contribution in [-0.4, -0.2) is 0 Å². The average Bonchev–Trinajstić information content (AvgIpc) is 2.32. The van der Waals surface area contributed by atoms with Crippen LogP contribution in [0.4, 0.5) is 0 Å². The number of rotatable bonds is 2. The van der Waals surface area contributed by atoms with E-state index in [0.29, 0.717) is 0 Å². The van der Waals surface area contributed by atoms with Crippen molar-refractivity contribution in [3.63, 3.8) is 0 Å². The van der Waals surface area contributed by atoms with Gasteiger partial charge in [0, 0.05) is 0 Å². The van der Waals surface area contributed by atoms with Crippen molar-refractivity contribution in [1.82, 2.24) is 0 Å². The largest absolute Gasteiger partial charge is 0.0871 e. The van der Waals surface area contributed by atoms with Gasteiger partial charge in [0.25, 0.3) is 0 Å². The Balaban J connectivity index is 2.32. The van der Waals surface area contributed by atoms with Crippen molar-refractivity contribution in [3.05, 3.63) is 66.2 Å². The second kappa shape index (κ2) is 4.61. The fourth-order valence-corrected chi connectivity index (χ4v) is 1.61. The average molecular weight is 194 g/mol. The van der Waals surface area contributed by atoms with Gasteiger partial charge in [-0.25, -0.2) is 0 Å². The van der Waals surface area contributed by atoms with E-state index < -0.39 is 0 Å². The Labute approximate surface area is 90.9 Å². The van der Waals surface area contributed by atoms with Crippen LogP contribution in [0.5, 0.6) is 0 Å². The molecule has 0 fully saturated rings. The van der Waals surface area contributed by atoms with E-state index in [0.717, 1.165) is 0 Å². The van der Waals surface area contributed by atoms with E-state index in [1.54, 1.807) is 0 Å². The summed E-state index contributed by atoms with van der Waals surface area (Å²) in [6.07, 6.45) is 4.16. The molecule has 0 radical (unpaired) electrons. The molecule has 15 heavy (non-hydrogen) atoms. The van der Waals surface area contributed by atoms with Crippen LogP contribution in [0.25, 0.3) is 17.2 Å². The molecule has 0 N–H and O–H groups in total. The minimum atomic E-state index is 1.25. The molecular weight excluding hydrogens is 180 g/mol. The Hall–Kier alpha value is -1.82. The molecule has 2 aromatic rings. The lowest BCUT2D eigenvalue weighted by atomic mass is 10.0. The first-order valence-corrected chi connectivity index (χ1v) is 5.18. The Morgan fingerprint density at radius 1 is 0.733 bits per heavy atom. The number of hydrogen-bond donors (Lipinski definition) is 0. The summed E-state index contributed by atoms with van der Waals surface area (Å²) in [4.78, 5) is 0. The summed E-state index contributed by atoms with van der Waals surface area (Å²) < 4.78 is 0. The molecule has 0 aliphatic carbocycles. The van der Waals surface area contributed by atoms with Crippen molar-refractivity contribution >= 4 is 6.08 Å². The summed E-state index contributed by atoms with van der Waals surface area (Å²) in [7, 11) is 0. The zero-order valence-corrected chi connectivity index (χ0v) is 8.85. The first-order valence-electron chi connectivity index (χ1n) is 5.18. The van der Waals surface area contributed by atoms with Gasteiger partial charge in [-0.3, -0.25) is 0 Å². The molecule has 2 aromatic carbocycles. The molecule has 0 amide bonds. The molecular formula is C15H14. The summed E-state index contributed by atoms with van der Waals surface area (Å²) in [5, 5.41) is 0. The zero-order chi connectivity index (χ0) is 10.5. The maximum atomic E-state index is 2.16. The van der Waals surface area contributed by atoms with Crippen LogP contribution < -0.4 is 0 Å². The highest BCUT2D eigenvalue weighted by Crippen LogP contribution is 2.19. The highest BCUT2D eigenvalue weighted by molar-refractivity contribution is 5.65. The van der Waals surface area contributed by atoms with E-state index in [4.69, 9.17) is 0 Å². The van der Waals surface area contributed by atoms with Crippen LogP contribution in [0, 0.1) is 0 Å². The van der Waals surface area contributed by atoms with Gasteiger partial charge in [-0.05, 0) is 23.6 Å².